The van der Waals surface area contributed by atoms with Crippen LogP contribution < -0.4 is 10.6 Å². The number of amides is 2. The van der Waals surface area contributed by atoms with Gasteiger partial charge in [-0.15, -0.1) is 0 Å². The lowest BCUT2D eigenvalue weighted by molar-refractivity contribution is 0.251. The van der Waals surface area contributed by atoms with Crippen LogP contribution in [0.3, 0.4) is 0 Å². The van der Waals surface area contributed by atoms with Crippen LogP contribution in [0.5, 0.6) is 0 Å². The maximum atomic E-state index is 12.0. The molecule has 0 radical (unpaired) electrons. The predicted molar refractivity (Wildman–Crippen MR) is 82.8 cm³/mol. The second kappa shape index (κ2) is 5.21. The number of carbonyl (C=O) groups excluding carboxylic acids is 1. The van der Waals surface area contributed by atoms with Gasteiger partial charge in [0.05, 0.1) is 17.5 Å². The van der Waals surface area contributed by atoms with Crippen molar-refractivity contribution in [2.75, 3.05) is 11.1 Å². The molecule has 1 atom stereocenters. The van der Waals surface area contributed by atoms with Gasteiger partial charge in [-0.05, 0) is 17.5 Å². The Kier molecular flexibility index (Phi) is 3.39. The van der Waals surface area contributed by atoms with E-state index in [9.17, 15) is 13.2 Å². The lowest BCUT2D eigenvalue weighted by Crippen LogP contribution is -2.38. The smallest absolute Gasteiger partial charge is 0.319 e. The first kappa shape index (κ1) is 13.6. The van der Waals surface area contributed by atoms with Crippen LogP contribution in [0.4, 0.5) is 10.5 Å². The standard InChI is InChI=1S/C15H14N2O3S/c18-15(16-12-8-9-21(19,20)10-12)17-14-7-3-5-11-4-1-2-6-13(11)14/h1-9,12H,10H2,(H2,16,17,18). The highest BCUT2D eigenvalue weighted by Crippen LogP contribution is 2.22. The number of hydrogen-bond acceptors (Lipinski definition) is 3. The molecule has 2 aromatic carbocycles. The van der Waals surface area contributed by atoms with Crippen molar-refractivity contribution < 1.29 is 13.2 Å². The second-order valence-corrected chi connectivity index (χ2v) is 6.82. The molecule has 5 nitrogen and oxygen atoms in total. The van der Waals surface area contributed by atoms with Crippen LogP contribution in [0.1, 0.15) is 0 Å². The van der Waals surface area contributed by atoms with Gasteiger partial charge in [-0.25, -0.2) is 13.2 Å². The van der Waals surface area contributed by atoms with E-state index in [-0.39, 0.29) is 5.75 Å². The summed E-state index contributed by atoms with van der Waals surface area (Å²) < 4.78 is 22.6. The number of fused-ring (bicyclic) bond motifs is 1. The molecular weight excluding hydrogens is 288 g/mol. The topological polar surface area (TPSA) is 75.3 Å². The van der Waals surface area contributed by atoms with E-state index in [1.165, 1.54) is 6.08 Å². The molecule has 1 heterocycles. The van der Waals surface area contributed by atoms with Gasteiger partial charge in [0, 0.05) is 10.8 Å². The molecule has 0 aromatic heterocycles. The van der Waals surface area contributed by atoms with E-state index in [1.807, 2.05) is 42.5 Å². The normalized spacial score (nSPS) is 19.5. The van der Waals surface area contributed by atoms with Gasteiger partial charge >= 0.3 is 6.03 Å². The second-order valence-electron chi connectivity index (χ2n) is 4.89. The largest absolute Gasteiger partial charge is 0.331 e. The van der Waals surface area contributed by atoms with Gasteiger partial charge in [0.25, 0.3) is 0 Å². The summed E-state index contributed by atoms with van der Waals surface area (Å²) in [5, 5.41) is 8.49. The maximum Gasteiger partial charge on any atom is 0.319 e. The molecule has 1 aliphatic heterocycles. The fraction of sp³-hybridized carbons (Fsp3) is 0.133. The molecule has 2 amide bonds. The summed E-state index contributed by atoms with van der Waals surface area (Å²) in [6.07, 6.45) is 1.48. The van der Waals surface area contributed by atoms with Crippen molar-refractivity contribution in [3.05, 3.63) is 53.9 Å². The summed E-state index contributed by atoms with van der Waals surface area (Å²) in [4.78, 5) is 12.0. The molecular formula is C15H14N2O3S. The number of anilines is 1. The van der Waals surface area contributed by atoms with Crippen LogP contribution in [0.15, 0.2) is 53.9 Å². The summed E-state index contributed by atoms with van der Waals surface area (Å²) in [6.45, 7) is 0. The SMILES string of the molecule is O=C(Nc1cccc2ccccc12)NC1C=CS(=O)(=O)C1. The molecule has 1 aliphatic rings. The van der Waals surface area contributed by atoms with Crippen molar-refractivity contribution in [2.24, 2.45) is 0 Å². The molecule has 21 heavy (non-hydrogen) atoms. The molecule has 3 rings (SSSR count). The Morgan fingerprint density at radius 1 is 1.10 bits per heavy atom. The molecule has 0 saturated carbocycles. The van der Waals surface area contributed by atoms with Crippen LogP contribution >= 0.6 is 0 Å². The Balaban J connectivity index is 1.74. The zero-order valence-corrected chi connectivity index (χ0v) is 11.9. The van der Waals surface area contributed by atoms with Crippen LogP contribution in [-0.4, -0.2) is 26.2 Å². The van der Waals surface area contributed by atoms with Gasteiger partial charge < -0.3 is 10.6 Å². The van der Waals surface area contributed by atoms with Gasteiger partial charge in [-0.2, -0.15) is 0 Å². The summed E-state index contributed by atoms with van der Waals surface area (Å²) in [7, 11) is -3.17. The first-order valence-corrected chi connectivity index (χ1v) is 8.21. The third-order valence-electron chi connectivity index (χ3n) is 3.28. The van der Waals surface area contributed by atoms with Crippen molar-refractivity contribution in [3.8, 4) is 0 Å². The maximum absolute atomic E-state index is 12.0. The highest BCUT2D eigenvalue weighted by molar-refractivity contribution is 7.94. The number of nitrogens with one attached hydrogen (secondary N) is 2. The number of hydrogen-bond donors (Lipinski definition) is 2. The summed E-state index contributed by atoms with van der Waals surface area (Å²) in [6, 6.07) is 12.4. The van der Waals surface area contributed by atoms with Gasteiger partial charge in [0.15, 0.2) is 9.84 Å². The fourth-order valence-corrected chi connectivity index (χ4v) is 3.56. The minimum absolute atomic E-state index is 0.0873. The van der Waals surface area contributed by atoms with Crippen molar-refractivity contribution in [3.63, 3.8) is 0 Å². The van der Waals surface area contributed by atoms with Crippen LogP contribution in [0, 0.1) is 0 Å². The number of sulfone groups is 1. The molecule has 1 unspecified atom stereocenters. The summed E-state index contributed by atoms with van der Waals surface area (Å²) in [5.41, 5.74) is 0.690. The Bertz CT molecular complexity index is 822. The quantitative estimate of drug-likeness (QED) is 0.893. The molecule has 0 fully saturated rings. The van der Waals surface area contributed by atoms with Crippen molar-refractivity contribution in [2.45, 2.75) is 6.04 Å². The Labute approximate surface area is 122 Å². The molecule has 6 heteroatoms. The lowest BCUT2D eigenvalue weighted by Gasteiger charge is -2.12. The Morgan fingerprint density at radius 3 is 2.62 bits per heavy atom. The van der Waals surface area contributed by atoms with Crippen molar-refractivity contribution >= 4 is 32.3 Å². The van der Waals surface area contributed by atoms with E-state index in [4.69, 9.17) is 0 Å². The third kappa shape index (κ3) is 3.05. The average Bonchev–Trinajstić information content (AvgIpc) is 2.78. The van der Waals surface area contributed by atoms with Crippen molar-refractivity contribution in [1.82, 2.24) is 5.32 Å². The van der Waals surface area contributed by atoms with E-state index < -0.39 is 21.9 Å². The number of benzene rings is 2. The van der Waals surface area contributed by atoms with Gasteiger partial charge in [-0.1, -0.05) is 36.4 Å². The predicted octanol–water partition coefficient (Wildman–Crippen LogP) is 2.27. The van der Waals surface area contributed by atoms with E-state index in [1.54, 1.807) is 0 Å². The van der Waals surface area contributed by atoms with Gasteiger partial charge in [0.1, 0.15) is 0 Å². The highest BCUT2D eigenvalue weighted by Gasteiger charge is 2.23. The Morgan fingerprint density at radius 2 is 1.86 bits per heavy atom. The van der Waals surface area contributed by atoms with E-state index in [0.29, 0.717) is 5.69 Å². The molecule has 2 aromatic rings. The molecule has 2 N–H and O–H groups in total. The minimum atomic E-state index is -3.17. The lowest BCUT2D eigenvalue weighted by atomic mass is 10.1. The summed E-state index contributed by atoms with van der Waals surface area (Å²) in [5.74, 6) is -0.0873. The Hall–Kier alpha value is -2.34. The molecule has 0 spiro atoms. The van der Waals surface area contributed by atoms with Crippen molar-refractivity contribution in [1.29, 1.82) is 0 Å². The zero-order valence-electron chi connectivity index (χ0n) is 11.1. The minimum Gasteiger partial charge on any atom is -0.331 e. The van der Waals surface area contributed by atoms with E-state index >= 15 is 0 Å². The number of carbonyl (C=O) groups is 1. The monoisotopic (exact) mass is 302 g/mol. The van der Waals surface area contributed by atoms with Gasteiger partial charge in [-0.3, -0.25) is 0 Å². The van der Waals surface area contributed by atoms with Crippen LogP contribution in [-0.2, 0) is 9.84 Å². The zero-order chi connectivity index (χ0) is 14.9. The van der Waals surface area contributed by atoms with Gasteiger partial charge in [0.2, 0.25) is 0 Å². The highest BCUT2D eigenvalue weighted by atomic mass is 32.2. The molecule has 108 valence electrons. The number of urea groups is 1. The van der Waals surface area contributed by atoms with E-state index in [2.05, 4.69) is 10.6 Å². The summed E-state index contributed by atoms with van der Waals surface area (Å²) >= 11 is 0. The third-order valence-corrected chi connectivity index (χ3v) is 4.68. The average molecular weight is 302 g/mol. The molecule has 0 bridgehead atoms. The van der Waals surface area contributed by atoms with Crippen LogP contribution in [0.2, 0.25) is 0 Å². The van der Waals surface area contributed by atoms with E-state index in [0.717, 1.165) is 16.2 Å². The van der Waals surface area contributed by atoms with Crippen LogP contribution in [0.25, 0.3) is 10.8 Å². The first-order chi connectivity index (χ1) is 10.0. The first-order valence-electron chi connectivity index (χ1n) is 6.50. The molecule has 0 saturated heterocycles. The number of rotatable bonds is 2. The molecule has 0 aliphatic carbocycles. The fourth-order valence-electron chi connectivity index (χ4n) is 2.33.